The summed E-state index contributed by atoms with van der Waals surface area (Å²) in [5.74, 6) is 0. The predicted octanol–water partition coefficient (Wildman–Crippen LogP) is 3.31. The monoisotopic (exact) mass is 274 g/mol. The van der Waals surface area contributed by atoms with E-state index in [2.05, 4.69) is 10.2 Å². The van der Waals surface area contributed by atoms with E-state index in [1.807, 2.05) is 21.0 Å². The van der Waals surface area contributed by atoms with Gasteiger partial charge < -0.3 is 5.32 Å². The van der Waals surface area contributed by atoms with Gasteiger partial charge in [0.05, 0.1) is 5.56 Å². The van der Waals surface area contributed by atoms with E-state index in [-0.39, 0.29) is 6.04 Å². The van der Waals surface area contributed by atoms with Crippen LogP contribution >= 0.6 is 0 Å². The largest absolute Gasteiger partial charge is 0.416 e. The van der Waals surface area contributed by atoms with Crippen molar-refractivity contribution in [1.82, 2.24) is 10.2 Å². The van der Waals surface area contributed by atoms with Crippen molar-refractivity contribution >= 4 is 0 Å². The third-order valence-corrected chi connectivity index (χ3v) is 3.30. The van der Waals surface area contributed by atoms with Gasteiger partial charge in [-0.2, -0.15) is 13.2 Å². The summed E-state index contributed by atoms with van der Waals surface area (Å²) in [4.78, 5) is 2.06. The minimum Gasteiger partial charge on any atom is -0.320 e. The van der Waals surface area contributed by atoms with Gasteiger partial charge in [-0.15, -0.1) is 0 Å². The van der Waals surface area contributed by atoms with Crippen LogP contribution in [0.3, 0.4) is 0 Å². The fraction of sp³-hybridized carbons (Fsp3) is 0.571. The number of rotatable bonds is 6. The minimum atomic E-state index is -4.28. The highest BCUT2D eigenvalue weighted by Crippen LogP contribution is 2.31. The molecule has 19 heavy (non-hydrogen) atoms. The topological polar surface area (TPSA) is 15.3 Å². The Morgan fingerprint density at radius 3 is 2.58 bits per heavy atom. The molecule has 1 rings (SSSR count). The molecule has 0 saturated carbocycles. The summed E-state index contributed by atoms with van der Waals surface area (Å²) in [5, 5.41) is 3.06. The molecule has 0 aliphatic rings. The molecule has 2 nitrogen and oxygen atoms in total. The summed E-state index contributed by atoms with van der Waals surface area (Å²) in [6.45, 7) is 3.67. The van der Waals surface area contributed by atoms with Gasteiger partial charge in [-0.05, 0) is 58.2 Å². The molecule has 1 N–H and O–H groups in total. The molecule has 0 bridgehead atoms. The molecule has 0 radical (unpaired) electrons. The number of hydrogen-bond donors (Lipinski definition) is 1. The van der Waals surface area contributed by atoms with Gasteiger partial charge in [-0.3, -0.25) is 4.90 Å². The lowest BCUT2D eigenvalue weighted by Gasteiger charge is -2.25. The molecular formula is C14H21F3N2. The predicted molar refractivity (Wildman–Crippen MR) is 71.0 cm³/mol. The Kier molecular flexibility index (Phi) is 5.82. The van der Waals surface area contributed by atoms with E-state index in [4.69, 9.17) is 0 Å². The number of alkyl halides is 3. The van der Waals surface area contributed by atoms with Crippen LogP contribution in [0.5, 0.6) is 0 Å². The van der Waals surface area contributed by atoms with Gasteiger partial charge >= 0.3 is 6.18 Å². The molecule has 0 amide bonds. The van der Waals surface area contributed by atoms with Crippen molar-refractivity contribution in [2.75, 3.05) is 27.2 Å². The van der Waals surface area contributed by atoms with Crippen molar-refractivity contribution in [3.63, 3.8) is 0 Å². The zero-order chi connectivity index (χ0) is 14.5. The number of benzene rings is 1. The Labute approximate surface area is 112 Å². The van der Waals surface area contributed by atoms with Gasteiger partial charge in [0.25, 0.3) is 0 Å². The third-order valence-electron chi connectivity index (χ3n) is 3.30. The molecule has 0 spiro atoms. The fourth-order valence-corrected chi connectivity index (χ4v) is 1.93. The van der Waals surface area contributed by atoms with E-state index in [1.54, 1.807) is 6.07 Å². The second kappa shape index (κ2) is 6.91. The average Bonchev–Trinajstić information content (AvgIpc) is 2.37. The quantitative estimate of drug-likeness (QED) is 0.801. The Balaban J connectivity index is 2.73. The van der Waals surface area contributed by atoms with Crippen LogP contribution in [-0.4, -0.2) is 32.1 Å². The molecule has 0 heterocycles. The standard InChI is InChI=1S/C14H21F3N2/c1-11(19(3)9-5-8-18-2)12-6-4-7-13(10-12)14(15,16)17/h4,6-7,10-11,18H,5,8-9H2,1-3H3. The molecular weight excluding hydrogens is 253 g/mol. The molecule has 0 saturated heterocycles. The third kappa shape index (κ3) is 4.84. The Bertz CT molecular complexity index is 391. The van der Waals surface area contributed by atoms with Crippen molar-refractivity contribution < 1.29 is 13.2 Å². The van der Waals surface area contributed by atoms with Crippen molar-refractivity contribution in [2.24, 2.45) is 0 Å². The van der Waals surface area contributed by atoms with Crippen LogP contribution in [0, 0.1) is 0 Å². The first-order valence-electron chi connectivity index (χ1n) is 6.38. The number of hydrogen-bond acceptors (Lipinski definition) is 2. The average molecular weight is 274 g/mol. The molecule has 0 aliphatic carbocycles. The first kappa shape index (κ1) is 16.0. The summed E-state index contributed by atoms with van der Waals surface area (Å²) in [5.41, 5.74) is 0.113. The van der Waals surface area contributed by atoms with Crippen LogP contribution < -0.4 is 5.32 Å². The smallest absolute Gasteiger partial charge is 0.320 e. The van der Waals surface area contributed by atoms with Gasteiger partial charge in [0.15, 0.2) is 0 Å². The van der Waals surface area contributed by atoms with Crippen molar-refractivity contribution in [1.29, 1.82) is 0 Å². The minimum absolute atomic E-state index is 0.0286. The first-order chi connectivity index (χ1) is 8.86. The highest BCUT2D eigenvalue weighted by atomic mass is 19.4. The van der Waals surface area contributed by atoms with Crippen molar-refractivity contribution in [3.05, 3.63) is 35.4 Å². The molecule has 1 aromatic rings. The lowest BCUT2D eigenvalue weighted by molar-refractivity contribution is -0.137. The lowest BCUT2D eigenvalue weighted by Crippen LogP contribution is -2.26. The van der Waals surface area contributed by atoms with Gasteiger partial charge in [0.1, 0.15) is 0 Å². The van der Waals surface area contributed by atoms with E-state index < -0.39 is 11.7 Å². The van der Waals surface area contributed by atoms with Crippen LogP contribution in [-0.2, 0) is 6.18 Å². The maximum atomic E-state index is 12.7. The Morgan fingerprint density at radius 2 is 2.00 bits per heavy atom. The zero-order valence-corrected chi connectivity index (χ0v) is 11.6. The van der Waals surface area contributed by atoms with Crippen LogP contribution in [0.25, 0.3) is 0 Å². The second-order valence-electron chi connectivity index (χ2n) is 4.74. The summed E-state index contributed by atoms with van der Waals surface area (Å²) in [7, 11) is 3.82. The van der Waals surface area contributed by atoms with Crippen LogP contribution in [0.2, 0.25) is 0 Å². The van der Waals surface area contributed by atoms with Crippen LogP contribution in [0.1, 0.15) is 30.5 Å². The van der Waals surface area contributed by atoms with Crippen molar-refractivity contribution in [3.8, 4) is 0 Å². The summed E-state index contributed by atoms with van der Waals surface area (Å²) in [6.07, 6.45) is -3.31. The molecule has 108 valence electrons. The lowest BCUT2D eigenvalue weighted by atomic mass is 10.0. The fourth-order valence-electron chi connectivity index (χ4n) is 1.93. The summed E-state index contributed by atoms with van der Waals surface area (Å²) < 4.78 is 38.0. The molecule has 0 fully saturated rings. The molecule has 0 aromatic heterocycles. The van der Waals surface area contributed by atoms with Gasteiger partial charge in [0, 0.05) is 6.04 Å². The van der Waals surface area contributed by atoms with Gasteiger partial charge in [0.2, 0.25) is 0 Å². The zero-order valence-electron chi connectivity index (χ0n) is 11.6. The molecule has 1 aromatic carbocycles. The Morgan fingerprint density at radius 1 is 1.32 bits per heavy atom. The van der Waals surface area contributed by atoms with Crippen molar-refractivity contribution in [2.45, 2.75) is 25.6 Å². The molecule has 1 atom stereocenters. The van der Waals surface area contributed by atoms with Gasteiger partial charge in [-0.25, -0.2) is 0 Å². The van der Waals surface area contributed by atoms with E-state index in [0.29, 0.717) is 5.56 Å². The summed E-state index contributed by atoms with van der Waals surface area (Å²) in [6, 6.07) is 5.53. The normalized spacial score (nSPS) is 13.8. The van der Waals surface area contributed by atoms with E-state index in [0.717, 1.165) is 25.6 Å². The van der Waals surface area contributed by atoms with E-state index in [9.17, 15) is 13.2 Å². The highest BCUT2D eigenvalue weighted by Gasteiger charge is 2.30. The SMILES string of the molecule is CNCCCN(C)C(C)c1cccc(C(F)(F)F)c1. The Hall–Kier alpha value is -1.07. The van der Waals surface area contributed by atoms with E-state index in [1.165, 1.54) is 12.1 Å². The summed E-state index contributed by atoms with van der Waals surface area (Å²) >= 11 is 0. The van der Waals surface area contributed by atoms with Crippen LogP contribution in [0.15, 0.2) is 24.3 Å². The molecule has 0 aliphatic heterocycles. The maximum absolute atomic E-state index is 12.7. The number of halogens is 3. The second-order valence-corrected chi connectivity index (χ2v) is 4.74. The molecule has 1 unspecified atom stereocenters. The van der Waals surface area contributed by atoms with E-state index >= 15 is 0 Å². The van der Waals surface area contributed by atoms with Crippen LogP contribution in [0.4, 0.5) is 13.2 Å². The van der Waals surface area contributed by atoms with Gasteiger partial charge in [-0.1, -0.05) is 12.1 Å². The number of nitrogens with one attached hydrogen (secondary N) is 1. The number of nitrogens with zero attached hydrogens (tertiary/aromatic N) is 1. The molecule has 5 heteroatoms. The maximum Gasteiger partial charge on any atom is 0.416 e. The highest BCUT2D eigenvalue weighted by molar-refractivity contribution is 5.27. The first-order valence-corrected chi connectivity index (χ1v) is 6.38.